The van der Waals surface area contributed by atoms with Crippen molar-refractivity contribution in [3.8, 4) is 5.75 Å². The molecule has 1 heterocycles. The SMILES string of the molecule is CN1CC[C@H](Oc2ccccc2)C1. The van der Waals surface area contributed by atoms with Crippen LogP contribution >= 0.6 is 0 Å². The third-order valence-electron chi connectivity index (χ3n) is 2.39. The number of ether oxygens (including phenoxy) is 1. The predicted molar refractivity (Wildman–Crippen MR) is 53.0 cm³/mol. The van der Waals surface area contributed by atoms with Crippen molar-refractivity contribution in [2.75, 3.05) is 20.1 Å². The summed E-state index contributed by atoms with van der Waals surface area (Å²) in [6, 6.07) is 10.0. The van der Waals surface area contributed by atoms with Crippen molar-refractivity contribution in [3.05, 3.63) is 30.3 Å². The summed E-state index contributed by atoms with van der Waals surface area (Å²) in [5.74, 6) is 0.989. The average molecular weight is 177 g/mol. The van der Waals surface area contributed by atoms with E-state index < -0.39 is 0 Å². The lowest BCUT2D eigenvalue weighted by molar-refractivity contribution is 0.208. The summed E-state index contributed by atoms with van der Waals surface area (Å²) in [6.45, 7) is 2.20. The van der Waals surface area contributed by atoms with Gasteiger partial charge in [0.05, 0.1) is 0 Å². The molecule has 1 aliphatic rings. The minimum atomic E-state index is 0.382. The smallest absolute Gasteiger partial charge is 0.119 e. The molecule has 0 aliphatic carbocycles. The molecule has 1 fully saturated rings. The van der Waals surface area contributed by atoms with Crippen LogP contribution in [0.2, 0.25) is 0 Å². The third kappa shape index (κ3) is 2.22. The van der Waals surface area contributed by atoms with Gasteiger partial charge in [-0.25, -0.2) is 0 Å². The predicted octanol–water partition coefficient (Wildman–Crippen LogP) is 1.77. The maximum absolute atomic E-state index is 5.80. The molecule has 1 atom stereocenters. The summed E-state index contributed by atoms with van der Waals surface area (Å²) in [4.78, 5) is 2.30. The van der Waals surface area contributed by atoms with E-state index in [1.165, 1.54) is 0 Å². The molecule has 0 unspecified atom stereocenters. The lowest BCUT2D eigenvalue weighted by atomic mass is 10.3. The van der Waals surface area contributed by atoms with Gasteiger partial charge in [0.25, 0.3) is 0 Å². The Labute approximate surface area is 79.1 Å². The van der Waals surface area contributed by atoms with E-state index in [0.29, 0.717) is 6.10 Å². The first-order valence-electron chi connectivity index (χ1n) is 4.75. The van der Waals surface area contributed by atoms with Crippen LogP contribution in [0, 0.1) is 0 Å². The molecule has 1 saturated heterocycles. The molecule has 13 heavy (non-hydrogen) atoms. The Morgan fingerprint density at radius 2 is 2.08 bits per heavy atom. The molecule has 0 saturated carbocycles. The van der Waals surface area contributed by atoms with Crippen LogP contribution in [0.3, 0.4) is 0 Å². The van der Waals surface area contributed by atoms with Gasteiger partial charge in [-0.05, 0) is 25.6 Å². The summed E-state index contributed by atoms with van der Waals surface area (Å²) >= 11 is 0. The molecule has 1 aliphatic heterocycles. The van der Waals surface area contributed by atoms with Crippen LogP contribution < -0.4 is 4.74 Å². The fourth-order valence-electron chi connectivity index (χ4n) is 1.68. The van der Waals surface area contributed by atoms with Gasteiger partial charge in [-0.1, -0.05) is 18.2 Å². The molecule has 2 nitrogen and oxygen atoms in total. The van der Waals surface area contributed by atoms with Crippen LogP contribution in [-0.2, 0) is 0 Å². The Balaban J connectivity index is 1.92. The van der Waals surface area contributed by atoms with Gasteiger partial charge in [0, 0.05) is 13.1 Å². The quantitative estimate of drug-likeness (QED) is 0.682. The lowest BCUT2D eigenvalue weighted by Gasteiger charge is -2.13. The van der Waals surface area contributed by atoms with Crippen LogP contribution in [0.4, 0.5) is 0 Å². The first-order chi connectivity index (χ1) is 6.34. The maximum Gasteiger partial charge on any atom is 0.119 e. The van der Waals surface area contributed by atoms with Crippen molar-refractivity contribution in [2.24, 2.45) is 0 Å². The largest absolute Gasteiger partial charge is 0.489 e. The molecule has 0 spiro atoms. The van der Waals surface area contributed by atoms with Crippen molar-refractivity contribution in [1.82, 2.24) is 4.90 Å². The fraction of sp³-hybridized carbons (Fsp3) is 0.455. The molecule has 0 aromatic heterocycles. The van der Waals surface area contributed by atoms with Crippen molar-refractivity contribution < 1.29 is 4.74 Å². The average Bonchev–Trinajstić information content (AvgIpc) is 2.53. The van der Waals surface area contributed by atoms with E-state index in [2.05, 4.69) is 11.9 Å². The van der Waals surface area contributed by atoms with Gasteiger partial charge in [-0.2, -0.15) is 0 Å². The highest BCUT2D eigenvalue weighted by molar-refractivity contribution is 5.21. The molecule has 2 rings (SSSR count). The second-order valence-corrected chi connectivity index (χ2v) is 3.60. The van der Waals surface area contributed by atoms with Crippen molar-refractivity contribution >= 4 is 0 Å². The molecule has 0 amide bonds. The second-order valence-electron chi connectivity index (χ2n) is 3.60. The Kier molecular flexibility index (Phi) is 2.50. The zero-order valence-electron chi connectivity index (χ0n) is 7.94. The highest BCUT2D eigenvalue weighted by atomic mass is 16.5. The van der Waals surface area contributed by atoms with Crippen LogP contribution in [0.15, 0.2) is 30.3 Å². The number of para-hydroxylation sites is 1. The molecule has 1 aromatic carbocycles. The number of likely N-dealkylation sites (N-methyl/N-ethyl adjacent to an activating group) is 1. The van der Waals surface area contributed by atoms with Gasteiger partial charge in [0.1, 0.15) is 11.9 Å². The Morgan fingerprint density at radius 1 is 1.31 bits per heavy atom. The number of hydrogen-bond donors (Lipinski definition) is 0. The number of benzene rings is 1. The first kappa shape index (κ1) is 8.57. The van der Waals surface area contributed by atoms with E-state index in [1.807, 2.05) is 30.3 Å². The van der Waals surface area contributed by atoms with Gasteiger partial charge in [-0.3, -0.25) is 0 Å². The van der Waals surface area contributed by atoms with Gasteiger partial charge in [-0.15, -0.1) is 0 Å². The zero-order chi connectivity index (χ0) is 9.10. The minimum absolute atomic E-state index is 0.382. The van der Waals surface area contributed by atoms with E-state index in [1.54, 1.807) is 0 Å². The molecule has 0 N–H and O–H groups in total. The van der Waals surface area contributed by atoms with Crippen LogP contribution in [-0.4, -0.2) is 31.1 Å². The Bertz CT molecular complexity index is 260. The van der Waals surface area contributed by atoms with Crippen LogP contribution in [0.1, 0.15) is 6.42 Å². The third-order valence-corrected chi connectivity index (χ3v) is 2.39. The highest BCUT2D eigenvalue weighted by Crippen LogP contribution is 2.16. The molecule has 0 radical (unpaired) electrons. The fourth-order valence-corrected chi connectivity index (χ4v) is 1.68. The molecule has 0 bridgehead atoms. The Hall–Kier alpha value is -1.02. The number of hydrogen-bond acceptors (Lipinski definition) is 2. The van der Waals surface area contributed by atoms with E-state index in [9.17, 15) is 0 Å². The molecular weight excluding hydrogens is 162 g/mol. The van der Waals surface area contributed by atoms with Gasteiger partial charge >= 0.3 is 0 Å². The van der Waals surface area contributed by atoms with Gasteiger partial charge in [0.2, 0.25) is 0 Å². The standard InChI is InChI=1S/C11H15NO/c1-12-8-7-11(9-12)13-10-5-3-2-4-6-10/h2-6,11H,7-9H2,1H3/t11-/m0/s1. The number of rotatable bonds is 2. The van der Waals surface area contributed by atoms with E-state index >= 15 is 0 Å². The van der Waals surface area contributed by atoms with Gasteiger partial charge < -0.3 is 9.64 Å². The summed E-state index contributed by atoms with van der Waals surface area (Å²) in [7, 11) is 2.13. The van der Waals surface area contributed by atoms with E-state index in [-0.39, 0.29) is 0 Å². The minimum Gasteiger partial charge on any atom is -0.489 e. The summed E-state index contributed by atoms with van der Waals surface area (Å²) in [5, 5.41) is 0. The van der Waals surface area contributed by atoms with Crippen LogP contribution in [0.25, 0.3) is 0 Å². The van der Waals surface area contributed by atoms with Crippen LogP contribution in [0.5, 0.6) is 5.75 Å². The summed E-state index contributed by atoms with van der Waals surface area (Å²) < 4.78 is 5.80. The number of nitrogens with zero attached hydrogens (tertiary/aromatic N) is 1. The molecule has 2 heteroatoms. The van der Waals surface area contributed by atoms with Crippen molar-refractivity contribution in [1.29, 1.82) is 0 Å². The van der Waals surface area contributed by atoms with E-state index in [0.717, 1.165) is 25.3 Å². The normalized spacial score (nSPS) is 23.3. The summed E-state index contributed by atoms with van der Waals surface area (Å²) in [6.07, 6.45) is 1.53. The first-order valence-corrected chi connectivity index (χ1v) is 4.75. The zero-order valence-corrected chi connectivity index (χ0v) is 7.94. The maximum atomic E-state index is 5.80. The highest BCUT2D eigenvalue weighted by Gasteiger charge is 2.20. The van der Waals surface area contributed by atoms with Crippen molar-refractivity contribution in [3.63, 3.8) is 0 Å². The Morgan fingerprint density at radius 3 is 2.69 bits per heavy atom. The monoisotopic (exact) mass is 177 g/mol. The topological polar surface area (TPSA) is 12.5 Å². The van der Waals surface area contributed by atoms with E-state index in [4.69, 9.17) is 4.74 Å². The molecular formula is C11H15NO. The van der Waals surface area contributed by atoms with Gasteiger partial charge in [0.15, 0.2) is 0 Å². The van der Waals surface area contributed by atoms with Crippen molar-refractivity contribution in [2.45, 2.75) is 12.5 Å². The molecule has 70 valence electrons. The molecule has 1 aromatic rings. The number of likely N-dealkylation sites (tertiary alicyclic amines) is 1. The second kappa shape index (κ2) is 3.79. The summed E-state index contributed by atoms with van der Waals surface area (Å²) in [5.41, 5.74) is 0. The lowest BCUT2D eigenvalue weighted by Crippen LogP contribution is -2.21.